The molecule has 1 aromatic carbocycles. The first-order valence-electron chi connectivity index (χ1n) is 9.00. The summed E-state index contributed by atoms with van der Waals surface area (Å²) in [6, 6.07) is 10.6. The van der Waals surface area contributed by atoms with Gasteiger partial charge in [0.15, 0.2) is 5.96 Å². The molecule has 0 saturated heterocycles. The number of hydrogen-bond acceptors (Lipinski definition) is 4. The van der Waals surface area contributed by atoms with Crippen molar-refractivity contribution in [3.8, 4) is 0 Å². The molecule has 1 saturated carbocycles. The number of thioether (sulfide) groups is 1. The normalized spacial score (nSPS) is 14.9. The van der Waals surface area contributed by atoms with Gasteiger partial charge in [0.05, 0.1) is 13.7 Å². The van der Waals surface area contributed by atoms with Gasteiger partial charge >= 0.3 is 5.97 Å². The second-order valence-corrected chi connectivity index (χ2v) is 7.79. The molecule has 1 fully saturated rings. The Labute approximate surface area is 178 Å². The highest BCUT2D eigenvalue weighted by molar-refractivity contribution is 14.0. The number of nitrogens with one attached hydrogen (secondary N) is 2. The molecule has 0 amide bonds. The molecule has 7 heteroatoms. The molecule has 0 spiro atoms. The van der Waals surface area contributed by atoms with Crippen LogP contribution in [-0.2, 0) is 9.53 Å². The van der Waals surface area contributed by atoms with Crippen LogP contribution >= 0.6 is 35.7 Å². The first kappa shape index (κ1) is 23.1. The summed E-state index contributed by atoms with van der Waals surface area (Å²) in [4.78, 5) is 17.2. The van der Waals surface area contributed by atoms with E-state index in [1.54, 1.807) is 0 Å². The number of aliphatic imine (C=N–C) groups is 1. The monoisotopic (exact) mass is 491 g/mol. The minimum Gasteiger partial charge on any atom is -0.469 e. The van der Waals surface area contributed by atoms with Crippen molar-refractivity contribution in [3.63, 3.8) is 0 Å². The van der Waals surface area contributed by atoms with E-state index in [4.69, 9.17) is 4.99 Å². The molecule has 1 aromatic rings. The Morgan fingerprint density at radius 3 is 2.58 bits per heavy atom. The predicted octanol–water partition coefficient (Wildman–Crippen LogP) is 3.83. The van der Waals surface area contributed by atoms with Crippen LogP contribution in [0, 0.1) is 0 Å². The Hall–Kier alpha value is -0.960. The van der Waals surface area contributed by atoms with E-state index in [-0.39, 0.29) is 34.7 Å². The summed E-state index contributed by atoms with van der Waals surface area (Å²) in [5, 5.41) is 6.65. The first-order chi connectivity index (χ1) is 12.2. The molecule has 5 nitrogen and oxygen atoms in total. The number of halogens is 1. The Kier molecular flexibility index (Phi) is 11.0. The van der Waals surface area contributed by atoms with Crippen molar-refractivity contribution in [2.75, 3.05) is 26.7 Å². The van der Waals surface area contributed by atoms with Crippen LogP contribution in [0.25, 0.3) is 0 Å². The summed E-state index contributed by atoms with van der Waals surface area (Å²) in [6.07, 6.45) is 4.65. The number of methoxy groups -OCH3 is 1. The third-order valence-electron chi connectivity index (χ3n) is 4.08. The van der Waals surface area contributed by atoms with Crippen molar-refractivity contribution in [3.05, 3.63) is 30.3 Å². The van der Waals surface area contributed by atoms with Gasteiger partial charge in [0.1, 0.15) is 0 Å². The lowest BCUT2D eigenvalue weighted by atomic mass is 10.2. The average molecular weight is 491 g/mol. The van der Waals surface area contributed by atoms with Gasteiger partial charge in [0.2, 0.25) is 0 Å². The van der Waals surface area contributed by atoms with Crippen LogP contribution in [-0.4, -0.2) is 43.4 Å². The van der Waals surface area contributed by atoms with E-state index in [2.05, 4.69) is 52.6 Å². The second kappa shape index (κ2) is 12.4. The largest absolute Gasteiger partial charge is 0.469 e. The van der Waals surface area contributed by atoms with Crippen LogP contribution in [0.15, 0.2) is 40.2 Å². The molecule has 1 aliphatic carbocycles. The molecule has 0 aliphatic heterocycles. The molecule has 0 unspecified atom stereocenters. The Morgan fingerprint density at radius 2 is 1.96 bits per heavy atom. The molecule has 0 aromatic heterocycles. The van der Waals surface area contributed by atoms with Crippen molar-refractivity contribution < 1.29 is 9.53 Å². The second-order valence-electron chi connectivity index (χ2n) is 6.25. The van der Waals surface area contributed by atoms with Crippen molar-refractivity contribution in [1.82, 2.24) is 10.6 Å². The van der Waals surface area contributed by atoms with E-state index < -0.39 is 0 Å². The molecule has 0 heterocycles. The van der Waals surface area contributed by atoms with Gasteiger partial charge in [-0.1, -0.05) is 18.2 Å². The summed E-state index contributed by atoms with van der Waals surface area (Å²) in [5.74, 6) is 0.717. The van der Waals surface area contributed by atoms with Gasteiger partial charge in [-0.15, -0.1) is 35.7 Å². The lowest BCUT2D eigenvalue weighted by Crippen LogP contribution is -2.38. The van der Waals surface area contributed by atoms with Crippen molar-refractivity contribution in [2.24, 2.45) is 4.99 Å². The molecule has 1 aliphatic rings. The molecule has 0 bridgehead atoms. The zero-order valence-corrected chi connectivity index (χ0v) is 18.8. The number of esters is 1. The van der Waals surface area contributed by atoms with Crippen molar-refractivity contribution in [2.45, 2.75) is 48.7 Å². The third-order valence-corrected chi connectivity index (χ3v) is 5.56. The minimum atomic E-state index is -0.144. The first-order valence-corrected chi connectivity index (χ1v) is 9.82. The van der Waals surface area contributed by atoms with Crippen molar-refractivity contribution in [1.29, 1.82) is 0 Å². The van der Waals surface area contributed by atoms with Crippen LogP contribution in [0.3, 0.4) is 0 Å². The van der Waals surface area contributed by atoms with Crippen LogP contribution in [0.4, 0.5) is 0 Å². The molecule has 0 radical (unpaired) electrons. The zero-order valence-electron chi connectivity index (χ0n) is 15.6. The summed E-state index contributed by atoms with van der Waals surface area (Å²) < 4.78 is 4.91. The number of nitrogens with zero attached hydrogens (tertiary/aromatic N) is 1. The number of unbranched alkanes of at least 4 members (excludes halogenated alkanes) is 1. The fraction of sp³-hybridized carbons (Fsp3) is 0.579. The van der Waals surface area contributed by atoms with Crippen LogP contribution in [0.1, 0.15) is 39.0 Å². The fourth-order valence-corrected chi connectivity index (χ4v) is 3.67. The molecule has 146 valence electrons. The number of rotatable bonds is 10. The van der Waals surface area contributed by atoms with E-state index in [1.807, 2.05) is 11.8 Å². The number of carbonyl (C=O) groups excluding carboxylic acids is 1. The van der Waals surface area contributed by atoms with Gasteiger partial charge in [-0.2, -0.15) is 0 Å². The quantitative estimate of drug-likeness (QED) is 0.171. The highest BCUT2D eigenvalue weighted by Gasteiger charge is 2.43. The van der Waals surface area contributed by atoms with Gasteiger partial charge in [-0.05, 0) is 44.7 Å². The molecule has 2 N–H and O–H groups in total. The Bertz CT molecular complexity index is 565. The third kappa shape index (κ3) is 8.62. The summed E-state index contributed by atoms with van der Waals surface area (Å²) >= 11 is 1.94. The van der Waals surface area contributed by atoms with Gasteiger partial charge < -0.3 is 15.4 Å². The lowest BCUT2D eigenvalue weighted by Gasteiger charge is -2.15. The number of hydrogen-bond donors (Lipinski definition) is 2. The molecular formula is C19H30IN3O2S. The highest BCUT2D eigenvalue weighted by Crippen LogP contribution is 2.51. The highest BCUT2D eigenvalue weighted by atomic mass is 127. The maximum absolute atomic E-state index is 11.1. The molecule has 2 rings (SSSR count). The smallest absolute Gasteiger partial charge is 0.305 e. The lowest BCUT2D eigenvalue weighted by molar-refractivity contribution is -0.140. The van der Waals surface area contributed by atoms with Gasteiger partial charge in [0.25, 0.3) is 0 Å². The topological polar surface area (TPSA) is 62.7 Å². The summed E-state index contributed by atoms with van der Waals surface area (Å²) in [7, 11) is 1.43. The number of carbonyl (C=O) groups is 1. The standard InChI is InChI=1S/C19H29N3O2S.HI/c1-3-20-18(21-14-8-7-11-17(23)24-2)22-15-19(12-13-19)25-16-9-5-4-6-10-16;/h4-6,9-10H,3,7-8,11-15H2,1-2H3,(H2,20,21,22);1H. The fourth-order valence-electron chi connectivity index (χ4n) is 2.44. The van der Waals surface area contributed by atoms with Gasteiger partial charge in [0, 0.05) is 29.2 Å². The van der Waals surface area contributed by atoms with Gasteiger partial charge in [-0.25, -0.2) is 0 Å². The SMILES string of the molecule is CCNC(=NCC1(Sc2ccccc2)CC1)NCCCCC(=O)OC.I. The van der Waals surface area contributed by atoms with Gasteiger partial charge in [-0.3, -0.25) is 9.79 Å². The Balaban J connectivity index is 0.00000338. The van der Waals surface area contributed by atoms with Crippen LogP contribution < -0.4 is 10.6 Å². The number of guanidine groups is 1. The maximum atomic E-state index is 11.1. The Morgan fingerprint density at radius 1 is 1.23 bits per heavy atom. The van der Waals surface area contributed by atoms with E-state index in [9.17, 15) is 4.79 Å². The molecule has 0 atom stereocenters. The van der Waals surface area contributed by atoms with E-state index in [0.717, 1.165) is 38.4 Å². The summed E-state index contributed by atoms with van der Waals surface area (Å²) in [6.45, 7) is 4.54. The summed E-state index contributed by atoms with van der Waals surface area (Å²) in [5.41, 5.74) is 0. The maximum Gasteiger partial charge on any atom is 0.305 e. The average Bonchev–Trinajstić information content (AvgIpc) is 3.39. The van der Waals surface area contributed by atoms with Crippen LogP contribution in [0.2, 0.25) is 0 Å². The predicted molar refractivity (Wildman–Crippen MR) is 120 cm³/mol. The van der Waals surface area contributed by atoms with Crippen molar-refractivity contribution >= 4 is 47.7 Å². The zero-order chi connectivity index (χ0) is 18.0. The van der Waals surface area contributed by atoms with Crippen LogP contribution in [0.5, 0.6) is 0 Å². The van der Waals surface area contributed by atoms with E-state index >= 15 is 0 Å². The van der Waals surface area contributed by atoms with E-state index in [1.165, 1.54) is 24.8 Å². The minimum absolute atomic E-state index is 0. The number of ether oxygens (including phenoxy) is 1. The number of benzene rings is 1. The molecular weight excluding hydrogens is 461 g/mol. The van der Waals surface area contributed by atoms with E-state index in [0.29, 0.717) is 6.42 Å². The molecule has 26 heavy (non-hydrogen) atoms.